The van der Waals surface area contributed by atoms with Gasteiger partial charge in [-0.25, -0.2) is 0 Å². The van der Waals surface area contributed by atoms with Crippen LogP contribution in [0.5, 0.6) is 0 Å². The van der Waals surface area contributed by atoms with Crippen LogP contribution < -0.4 is 5.32 Å². The maximum atomic E-state index is 11.9. The number of rotatable bonds is 3. The minimum absolute atomic E-state index is 0.0192. The van der Waals surface area contributed by atoms with Crippen molar-refractivity contribution >= 4 is 17.4 Å². The second kappa shape index (κ2) is 4.83. The number of nitrogens with one attached hydrogen (secondary N) is 1. The van der Waals surface area contributed by atoms with E-state index < -0.39 is 0 Å². The SMILES string of the molecule is CC(=O)c1ccc(C(=O)Nc2cnn(C)c2)cc1. The third-order valence-corrected chi connectivity index (χ3v) is 2.52. The van der Waals surface area contributed by atoms with Crippen LogP contribution in [0.25, 0.3) is 0 Å². The van der Waals surface area contributed by atoms with E-state index in [0.717, 1.165) is 0 Å². The lowest BCUT2D eigenvalue weighted by Crippen LogP contribution is -2.11. The maximum Gasteiger partial charge on any atom is 0.255 e. The van der Waals surface area contributed by atoms with Crippen molar-refractivity contribution in [2.24, 2.45) is 7.05 Å². The first-order chi connectivity index (χ1) is 8.56. The molecule has 1 aromatic heterocycles. The lowest BCUT2D eigenvalue weighted by Gasteiger charge is -2.03. The molecular weight excluding hydrogens is 230 g/mol. The predicted molar refractivity (Wildman–Crippen MR) is 67.6 cm³/mol. The molecule has 1 aromatic carbocycles. The second-order valence-corrected chi connectivity index (χ2v) is 3.99. The Morgan fingerprint density at radius 2 is 1.78 bits per heavy atom. The molecule has 0 radical (unpaired) electrons. The van der Waals surface area contributed by atoms with Crippen molar-refractivity contribution in [2.45, 2.75) is 6.92 Å². The van der Waals surface area contributed by atoms with E-state index in [9.17, 15) is 9.59 Å². The monoisotopic (exact) mass is 243 g/mol. The Hall–Kier alpha value is -2.43. The van der Waals surface area contributed by atoms with E-state index in [1.54, 1.807) is 48.4 Å². The van der Waals surface area contributed by atoms with E-state index in [1.165, 1.54) is 6.92 Å². The number of anilines is 1. The van der Waals surface area contributed by atoms with Gasteiger partial charge in [0.1, 0.15) is 0 Å². The molecule has 0 aliphatic carbocycles. The summed E-state index contributed by atoms with van der Waals surface area (Å²) < 4.78 is 1.61. The smallest absolute Gasteiger partial charge is 0.255 e. The topological polar surface area (TPSA) is 64.0 Å². The summed E-state index contributed by atoms with van der Waals surface area (Å²) in [4.78, 5) is 23.0. The Kier molecular flexibility index (Phi) is 3.23. The fourth-order valence-electron chi connectivity index (χ4n) is 1.55. The summed E-state index contributed by atoms with van der Waals surface area (Å²) >= 11 is 0. The first kappa shape index (κ1) is 12.0. The molecule has 0 aliphatic heterocycles. The molecule has 0 saturated heterocycles. The fourth-order valence-corrected chi connectivity index (χ4v) is 1.55. The number of carbonyl (C=O) groups excluding carboxylic acids is 2. The quantitative estimate of drug-likeness (QED) is 0.837. The molecule has 0 bridgehead atoms. The van der Waals surface area contributed by atoms with E-state index in [4.69, 9.17) is 0 Å². The summed E-state index contributed by atoms with van der Waals surface area (Å²) in [6.07, 6.45) is 3.28. The van der Waals surface area contributed by atoms with Gasteiger partial charge in [-0.3, -0.25) is 14.3 Å². The van der Waals surface area contributed by atoms with Gasteiger partial charge in [0.2, 0.25) is 0 Å². The second-order valence-electron chi connectivity index (χ2n) is 3.99. The van der Waals surface area contributed by atoms with Gasteiger partial charge in [-0.05, 0) is 19.1 Å². The van der Waals surface area contributed by atoms with Gasteiger partial charge < -0.3 is 5.32 Å². The van der Waals surface area contributed by atoms with Crippen molar-refractivity contribution in [1.82, 2.24) is 9.78 Å². The first-order valence-electron chi connectivity index (χ1n) is 5.47. The number of benzene rings is 1. The lowest BCUT2D eigenvalue weighted by molar-refractivity contribution is 0.101. The number of nitrogens with zero attached hydrogens (tertiary/aromatic N) is 2. The number of ketones is 1. The van der Waals surface area contributed by atoms with Gasteiger partial charge in [0, 0.05) is 24.4 Å². The number of aryl methyl sites for hydroxylation is 1. The summed E-state index contributed by atoms with van der Waals surface area (Å²) in [6, 6.07) is 6.53. The van der Waals surface area contributed by atoms with Crippen molar-refractivity contribution in [3.8, 4) is 0 Å². The van der Waals surface area contributed by atoms with Crippen molar-refractivity contribution in [3.05, 3.63) is 47.8 Å². The minimum Gasteiger partial charge on any atom is -0.319 e. The van der Waals surface area contributed by atoms with Crippen molar-refractivity contribution in [3.63, 3.8) is 0 Å². The molecule has 2 rings (SSSR count). The average molecular weight is 243 g/mol. The molecule has 0 fully saturated rings. The van der Waals surface area contributed by atoms with Crippen LogP contribution in [0.3, 0.4) is 0 Å². The Morgan fingerprint density at radius 3 is 2.28 bits per heavy atom. The van der Waals surface area contributed by atoms with Gasteiger partial charge in [-0.2, -0.15) is 5.10 Å². The molecule has 2 aromatic rings. The highest BCUT2D eigenvalue weighted by molar-refractivity contribution is 6.04. The third-order valence-electron chi connectivity index (χ3n) is 2.52. The van der Waals surface area contributed by atoms with Gasteiger partial charge in [0.15, 0.2) is 5.78 Å². The zero-order valence-corrected chi connectivity index (χ0v) is 10.2. The summed E-state index contributed by atoms with van der Waals surface area (Å²) in [6.45, 7) is 1.49. The molecule has 0 atom stereocenters. The molecule has 0 unspecified atom stereocenters. The fraction of sp³-hybridized carbons (Fsp3) is 0.154. The highest BCUT2D eigenvalue weighted by Crippen LogP contribution is 2.09. The van der Waals surface area contributed by atoms with Crippen molar-refractivity contribution in [2.75, 3.05) is 5.32 Å². The third kappa shape index (κ3) is 2.63. The number of amides is 1. The first-order valence-corrected chi connectivity index (χ1v) is 5.47. The summed E-state index contributed by atoms with van der Waals surface area (Å²) in [7, 11) is 1.78. The number of hydrogen-bond acceptors (Lipinski definition) is 3. The molecule has 92 valence electrons. The Balaban J connectivity index is 2.11. The highest BCUT2D eigenvalue weighted by atomic mass is 16.1. The predicted octanol–water partition coefficient (Wildman–Crippen LogP) is 1.88. The van der Waals surface area contributed by atoms with E-state index in [-0.39, 0.29) is 11.7 Å². The number of carbonyl (C=O) groups is 2. The number of Topliss-reactive ketones (excluding diaryl/α,β-unsaturated/α-hetero) is 1. The zero-order valence-electron chi connectivity index (χ0n) is 10.2. The van der Waals surface area contributed by atoms with Gasteiger partial charge in [0.25, 0.3) is 5.91 Å². The largest absolute Gasteiger partial charge is 0.319 e. The van der Waals surface area contributed by atoms with Crippen LogP contribution in [-0.4, -0.2) is 21.5 Å². The minimum atomic E-state index is -0.224. The lowest BCUT2D eigenvalue weighted by atomic mass is 10.1. The molecule has 0 saturated carbocycles. The zero-order chi connectivity index (χ0) is 13.1. The molecule has 1 amide bonds. The summed E-state index contributed by atoms with van der Waals surface area (Å²) in [5.74, 6) is -0.243. The Morgan fingerprint density at radius 1 is 1.17 bits per heavy atom. The van der Waals surface area contributed by atoms with E-state index in [0.29, 0.717) is 16.8 Å². The van der Waals surface area contributed by atoms with Gasteiger partial charge >= 0.3 is 0 Å². The van der Waals surface area contributed by atoms with Crippen LogP contribution in [0, 0.1) is 0 Å². The normalized spacial score (nSPS) is 10.1. The molecule has 0 aliphatic rings. The molecule has 1 N–H and O–H groups in total. The summed E-state index contributed by atoms with van der Waals surface area (Å²) in [5.41, 5.74) is 1.73. The van der Waals surface area contributed by atoms with Gasteiger partial charge in [0.05, 0.1) is 11.9 Å². The standard InChI is InChI=1S/C13H13N3O2/c1-9(17)10-3-5-11(6-4-10)13(18)15-12-7-14-16(2)8-12/h3-8H,1-2H3,(H,15,18). The molecule has 5 nitrogen and oxygen atoms in total. The average Bonchev–Trinajstić information content (AvgIpc) is 2.75. The molecule has 1 heterocycles. The molecule has 0 spiro atoms. The van der Waals surface area contributed by atoms with Crippen LogP contribution in [0.2, 0.25) is 0 Å². The number of aromatic nitrogens is 2. The summed E-state index contributed by atoms with van der Waals surface area (Å²) in [5, 5.41) is 6.68. The van der Waals surface area contributed by atoms with Crippen LogP contribution in [0.15, 0.2) is 36.7 Å². The number of hydrogen-bond donors (Lipinski definition) is 1. The van der Waals surface area contributed by atoms with E-state index in [1.807, 2.05) is 0 Å². The molecular formula is C13H13N3O2. The van der Waals surface area contributed by atoms with Gasteiger partial charge in [-0.1, -0.05) is 12.1 Å². The van der Waals surface area contributed by atoms with Crippen LogP contribution in [0.4, 0.5) is 5.69 Å². The van der Waals surface area contributed by atoms with Crippen LogP contribution in [0.1, 0.15) is 27.6 Å². The van der Waals surface area contributed by atoms with Gasteiger partial charge in [-0.15, -0.1) is 0 Å². The van der Waals surface area contributed by atoms with E-state index in [2.05, 4.69) is 10.4 Å². The van der Waals surface area contributed by atoms with Crippen molar-refractivity contribution < 1.29 is 9.59 Å². The van der Waals surface area contributed by atoms with E-state index >= 15 is 0 Å². The van der Waals surface area contributed by atoms with Crippen LogP contribution >= 0.6 is 0 Å². The molecule has 5 heteroatoms. The highest BCUT2D eigenvalue weighted by Gasteiger charge is 2.07. The Labute approximate surface area is 104 Å². The maximum absolute atomic E-state index is 11.9. The van der Waals surface area contributed by atoms with Crippen LogP contribution in [-0.2, 0) is 7.05 Å². The van der Waals surface area contributed by atoms with Crippen molar-refractivity contribution in [1.29, 1.82) is 0 Å². The Bertz CT molecular complexity index is 585. The molecule has 18 heavy (non-hydrogen) atoms.